The van der Waals surface area contributed by atoms with Crippen LogP contribution in [0.5, 0.6) is 0 Å². The van der Waals surface area contributed by atoms with Gasteiger partial charge in [-0.3, -0.25) is 0 Å². The van der Waals surface area contributed by atoms with Crippen LogP contribution in [-0.4, -0.2) is 0 Å². The van der Waals surface area contributed by atoms with Crippen molar-refractivity contribution in [2.45, 2.75) is 18.8 Å². The predicted molar refractivity (Wildman–Crippen MR) is 75.3 cm³/mol. The summed E-state index contributed by atoms with van der Waals surface area (Å²) in [5.41, 5.74) is 7.30. The SMILES string of the molecule is [CH]1C(C2CCc3ccccc32)=Cc2ccccc21. The molecule has 2 aromatic rings. The molecule has 2 aliphatic rings. The number of benzene rings is 2. The quantitative estimate of drug-likeness (QED) is 0.683. The lowest BCUT2D eigenvalue weighted by Gasteiger charge is -2.12. The standard InChI is InChI=1S/C18H15/c1-2-7-15-12-16(11-14(15)6-1)18-10-9-13-5-3-4-8-17(13)18/h1-8,11-12,18H,9-10H2. The lowest BCUT2D eigenvalue weighted by molar-refractivity contribution is 0.786. The average Bonchev–Trinajstić information content (AvgIpc) is 3.02. The van der Waals surface area contributed by atoms with Crippen LogP contribution in [0.25, 0.3) is 6.08 Å². The van der Waals surface area contributed by atoms with Crippen molar-refractivity contribution in [3.05, 3.63) is 82.8 Å². The molecule has 18 heavy (non-hydrogen) atoms. The first-order valence-electron chi connectivity index (χ1n) is 6.65. The van der Waals surface area contributed by atoms with Crippen LogP contribution in [0, 0.1) is 6.42 Å². The van der Waals surface area contributed by atoms with Crippen LogP contribution in [-0.2, 0) is 6.42 Å². The molecular weight excluding hydrogens is 216 g/mol. The van der Waals surface area contributed by atoms with Crippen LogP contribution < -0.4 is 0 Å². The summed E-state index contributed by atoms with van der Waals surface area (Å²) in [7, 11) is 0. The summed E-state index contributed by atoms with van der Waals surface area (Å²) in [5.74, 6) is 0.605. The maximum absolute atomic E-state index is 2.36. The molecule has 2 aliphatic carbocycles. The van der Waals surface area contributed by atoms with Crippen molar-refractivity contribution < 1.29 is 0 Å². The maximum atomic E-state index is 2.36. The number of allylic oxidation sites excluding steroid dienone is 1. The maximum Gasteiger partial charge on any atom is 0.0170 e. The number of rotatable bonds is 1. The summed E-state index contributed by atoms with van der Waals surface area (Å²) >= 11 is 0. The van der Waals surface area contributed by atoms with E-state index in [9.17, 15) is 0 Å². The normalized spacial score (nSPS) is 20.4. The van der Waals surface area contributed by atoms with Crippen LogP contribution in [0.2, 0.25) is 0 Å². The Labute approximate surface area is 108 Å². The smallest absolute Gasteiger partial charge is 0.0170 e. The molecule has 0 heteroatoms. The summed E-state index contributed by atoms with van der Waals surface area (Å²) < 4.78 is 0. The van der Waals surface area contributed by atoms with Gasteiger partial charge >= 0.3 is 0 Å². The Bertz CT molecular complexity index is 634. The van der Waals surface area contributed by atoms with Crippen molar-refractivity contribution in [2.24, 2.45) is 0 Å². The Balaban J connectivity index is 1.72. The summed E-state index contributed by atoms with van der Waals surface area (Å²) in [5, 5.41) is 0. The molecule has 0 fully saturated rings. The zero-order valence-corrected chi connectivity index (χ0v) is 10.3. The average molecular weight is 231 g/mol. The summed E-state index contributed by atoms with van der Waals surface area (Å²) in [4.78, 5) is 0. The van der Waals surface area contributed by atoms with Crippen molar-refractivity contribution >= 4 is 6.08 Å². The molecule has 0 aliphatic heterocycles. The van der Waals surface area contributed by atoms with E-state index in [1.165, 1.54) is 40.7 Å². The van der Waals surface area contributed by atoms with E-state index in [0.717, 1.165) is 0 Å². The van der Waals surface area contributed by atoms with Gasteiger partial charge in [0.2, 0.25) is 0 Å². The van der Waals surface area contributed by atoms with Gasteiger partial charge in [-0.25, -0.2) is 0 Å². The fourth-order valence-electron chi connectivity index (χ4n) is 3.28. The minimum atomic E-state index is 0.605. The number of fused-ring (bicyclic) bond motifs is 2. The van der Waals surface area contributed by atoms with Crippen molar-refractivity contribution in [2.75, 3.05) is 0 Å². The van der Waals surface area contributed by atoms with E-state index < -0.39 is 0 Å². The fraction of sp³-hybridized carbons (Fsp3) is 0.167. The van der Waals surface area contributed by atoms with E-state index in [4.69, 9.17) is 0 Å². The minimum Gasteiger partial charge on any atom is -0.0620 e. The molecule has 0 amide bonds. The highest BCUT2D eigenvalue weighted by molar-refractivity contribution is 5.71. The number of aryl methyl sites for hydroxylation is 1. The molecule has 0 bridgehead atoms. The molecule has 0 heterocycles. The second-order valence-corrected chi connectivity index (χ2v) is 5.21. The molecule has 1 unspecified atom stereocenters. The Morgan fingerprint density at radius 2 is 1.61 bits per heavy atom. The lowest BCUT2D eigenvalue weighted by Crippen LogP contribution is -1.96. The Hall–Kier alpha value is -1.82. The molecule has 0 aromatic heterocycles. The van der Waals surface area contributed by atoms with Crippen molar-refractivity contribution in [1.82, 2.24) is 0 Å². The van der Waals surface area contributed by atoms with Gasteiger partial charge in [0.25, 0.3) is 0 Å². The predicted octanol–water partition coefficient (Wildman–Crippen LogP) is 4.37. The Morgan fingerprint density at radius 3 is 2.50 bits per heavy atom. The third kappa shape index (κ3) is 1.45. The minimum absolute atomic E-state index is 0.605. The third-order valence-corrected chi connectivity index (χ3v) is 4.18. The molecule has 4 rings (SSSR count). The second-order valence-electron chi connectivity index (χ2n) is 5.21. The van der Waals surface area contributed by atoms with Gasteiger partial charge in [0.1, 0.15) is 0 Å². The number of hydrogen-bond acceptors (Lipinski definition) is 0. The van der Waals surface area contributed by atoms with Gasteiger partial charge in [-0.05, 0) is 35.1 Å². The molecule has 2 aromatic carbocycles. The highest BCUT2D eigenvalue weighted by atomic mass is 14.3. The summed E-state index contributed by atoms with van der Waals surface area (Å²) in [6.07, 6.45) is 7.21. The third-order valence-electron chi connectivity index (χ3n) is 4.18. The second kappa shape index (κ2) is 3.84. The van der Waals surface area contributed by atoms with Crippen LogP contribution in [0.3, 0.4) is 0 Å². The Kier molecular flexibility index (Phi) is 2.16. The monoisotopic (exact) mass is 231 g/mol. The van der Waals surface area contributed by atoms with Crippen molar-refractivity contribution in [3.8, 4) is 0 Å². The van der Waals surface area contributed by atoms with E-state index >= 15 is 0 Å². The van der Waals surface area contributed by atoms with Gasteiger partial charge in [0.05, 0.1) is 0 Å². The van der Waals surface area contributed by atoms with Crippen LogP contribution in [0.4, 0.5) is 0 Å². The van der Waals surface area contributed by atoms with Crippen LogP contribution >= 0.6 is 0 Å². The van der Waals surface area contributed by atoms with Crippen LogP contribution in [0.15, 0.2) is 54.1 Å². The largest absolute Gasteiger partial charge is 0.0620 e. The molecule has 0 saturated carbocycles. The van der Waals surface area contributed by atoms with Crippen molar-refractivity contribution in [1.29, 1.82) is 0 Å². The zero-order chi connectivity index (χ0) is 11.9. The molecule has 0 spiro atoms. The summed E-state index contributed by atoms with van der Waals surface area (Å²) in [6.45, 7) is 0. The molecule has 0 N–H and O–H groups in total. The van der Waals surface area contributed by atoms with Crippen LogP contribution in [0.1, 0.15) is 34.6 Å². The zero-order valence-electron chi connectivity index (χ0n) is 10.3. The van der Waals surface area contributed by atoms with Gasteiger partial charge in [0, 0.05) is 12.3 Å². The van der Waals surface area contributed by atoms with E-state index in [0.29, 0.717) is 5.92 Å². The first-order valence-corrected chi connectivity index (χ1v) is 6.65. The molecule has 0 saturated heterocycles. The summed E-state index contributed by atoms with van der Waals surface area (Å²) in [6, 6.07) is 17.5. The van der Waals surface area contributed by atoms with E-state index in [1.807, 2.05) is 0 Å². The fourth-order valence-corrected chi connectivity index (χ4v) is 3.28. The van der Waals surface area contributed by atoms with Gasteiger partial charge in [-0.15, -0.1) is 0 Å². The first-order chi connectivity index (χ1) is 8.92. The molecule has 1 atom stereocenters. The highest BCUT2D eigenvalue weighted by Crippen LogP contribution is 2.43. The lowest BCUT2D eigenvalue weighted by atomic mass is 9.91. The molecular formula is C18H15. The first kappa shape index (κ1) is 10.1. The van der Waals surface area contributed by atoms with Gasteiger partial charge in [0.15, 0.2) is 0 Å². The molecule has 0 nitrogen and oxygen atoms in total. The molecule has 87 valence electrons. The van der Waals surface area contributed by atoms with Gasteiger partial charge < -0.3 is 0 Å². The van der Waals surface area contributed by atoms with Gasteiger partial charge in [-0.2, -0.15) is 0 Å². The van der Waals surface area contributed by atoms with Crippen molar-refractivity contribution in [3.63, 3.8) is 0 Å². The Morgan fingerprint density at radius 1 is 0.833 bits per heavy atom. The van der Waals surface area contributed by atoms with Gasteiger partial charge in [-0.1, -0.05) is 60.2 Å². The van der Waals surface area contributed by atoms with E-state index in [1.54, 1.807) is 0 Å². The molecule has 1 radical (unpaired) electrons. The number of hydrogen-bond donors (Lipinski definition) is 0. The van der Waals surface area contributed by atoms with E-state index in [2.05, 4.69) is 61.0 Å². The topological polar surface area (TPSA) is 0 Å². The van der Waals surface area contributed by atoms with E-state index in [-0.39, 0.29) is 0 Å². The highest BCUT2D eigenvalue weighted by Gasteiger charge is 2.27.